The molecule has 0 spiro atoms. The molecule has 0 atom stereocenters. The van der Waals surface area contributed by atoms with Crippen molar-refractivity contribution in [1.29, 1.82) is 0 Å². The molecule has 0 aliphatic heterocycles. The summed E-state index contributed by atoms with van der Waals surface area (Å²) >= 11 is 1.68. The molecule has 2 aromatic rings. The molecule has 0 fully saturated rings. The monoisotopic (exact) mass is 218 g/mol. The van der Waals surface area contributed by atoms with Crippen molar-refractivity contribution in [2.24, 2.45) is 0 Å². The van der Waals surface area contributed by atoms with E-state index in [0.29, 0.717) is 5.92 Å². The lowest BCUT2D eigenvalue weighted by Gasteiger charge is -2.08. The predicted octanol–water partition coefficient (Wildman–Crippen LogP) is 3.48. The van der Waals surface area contributed by atoms with E-state index in [4.69, 9.17) is 0 Å². The van der Waals surface area contributed by atoms with E-state index in [0.717, 1.165) is 21.8 Å². The highest BCUT2D eigenvalue weighted by molar-refractivity contribution is 7.98. The third kappa shape index (κ3) is 1.97. The molecule has 0 saturated heterocycles. The fourth-order valence-electron chi connectivity index (χ4n) is 1.48. The summed E-state index contributed by atoms with van der Waals surface area (Å²) in [5, 5.41) is 2.22. The normalized spacial score (nSPS) is 11.2. The molecule has 1 heterocycles. The summed E-state index contributed by atoms with van der Waals surface area (Å²) in [7, 11) is 0. The summed E-state index contributed by atoms with van der Waals surface area (Å²) in [4.78, 5) is 9.13. The summed E-state index contributed by atoms with van der Waals surface area (Å²) in [5.41, 5.74) is 1.04. The topological polar surface area (TPSA) is 25.8 Å². The lowest BCUT2D eigenvalue weighted by molar-refractivity contribution is 0.766. The van der Waals surface area contributed by atoms with E-state index in [9.17, 15) is 0 Å². The first-order valence-corrected chi connectivity index (χ1v) is 6.25. The van der Waals surface area contributed by atoms with E-state index in [1.807, 2.05) is 18.2 Å². The second-order valence-corrected chi connectivity index (χ2v) is 4.56. The Balaban J connectivity index is 2.71. The van der Waals surface area contributed by atoms with Crippen molar-refractivity contribution in [2.75, 3.05) is 6.26 Å². The van der Waals surface area contributed by atoms with Gasteiger partial charge in [0.2, 0.25) is 0 Å². The van der Waals surface area contributed by atoms with Crippen LogP contribution in [0.4, 0.5) is 0 Å². The standard InChI is InChI=1S/C12H14N2S/c1-8(2)11-13-10-7-5-4-6-9(10)12(14-11)15-3/h4-8H,1-3H3. The van der Waals surface area contributed by atoms with Gasteiger partial charge in [0.15, 0.2) is 0 Å². The highest BCUT2D eigenvalue weighted by atomic mass is 32.2. The van der Waals surface area contributed by atoms with Crippen molar-refractivity contribution >= 4 is 22.7 Å². The van der Waals surface area contributed by atoms with Crippen LogP contribution in [0.2, 0.25) is 0 Å². The largest absolute Gasteiger partial charge is 0.233 e. The van der Waals surface area contributed by atoms with Crippen LogP contribution < -0.4 is 0 Å². The fourth-order valence-corrected chi connectivity index (χ4v) is 2.06. The van der Waals surface area contributed by atoms with Crippen molar-refractivity contribution in [1.82, 2.24) is 9.97 Å². The van der Waals surface area contributed by atoms with Gasteiger partial charge in [-0.15, -0.1) is 11.8 Å². The van der Waals surface area contributed by atoms with Crippen LogP contribution in [-0.2, 0) is 0 Å². The van der Waals surface area contributed by atoms with Gasteiger partial charge in [0, 0.05) is 11.3 Å². The van der Waals surface area contributed by atoms with Gasteiger partial charge in [-0.3, -0.25) is 0 Å². The van der Waals surface area contributed by atoms with Crippen LogP contribution in [0.25, 0.3) is 10.9 Å². The number of thioether (sulfide) groups is 1. The van der Waals surface area contributed by atoms with Crippen LogP contribution >= 0.6 is 11.8 Å². The summed E-state index contributed by atoms with van der Waals surface area (Å²) in [6, 6.07) is 8.16. The molecule has 0 aliphatic rings. The first kappa shape index (κ1) is 10.4. The highest BCUT2D eigenvalue weighted by Crippen LogP contribution is 2.25. The van der Waals surface area contributed by atoms with Crippen LogP contribution in [-0.4, -0.2) is 16.2 Å². The molecule has 15 heavy (non-hydrogen) atoms. The Hall–Kier alpha value is -1.09. The average Bonchev–Trinajstić information content (AvgIpc) is 2.27. The van der Waals surface area contributed by atoms with Gasteiger partial charge in [-0.1, -0.05) is 32.0 Å². The lowest BCUT2D eigenvalue weighted by atomic mass is 10.2. The number of fused-ring (bicyclic) bond motifs is 1. The van der Waals surface area contributed by atoms with E-state index in [1.54, 1.807) is 11.8 Å². The number of hydrogen-bond donors (Lipinski definition) is 0. The Bertz CT molecular complexity index is 480. The Morgan fingerprint density at radius 2 is 1.87 bits per heavy atom. The molecule has 0 bridgehead atoms. The van der Waals surface area contributed by atoms with Crippen LogP contribution in [0.1, 0.15) is 25.6 Å². The summed E-state index contributed by atoms with van der Waals surface area (Å²) < 4.78 is 0. The second kappa shape index (κ2) is 4.19. The maximum absolute atomic E-state index is 4.57. The zero-order chi connectivity index (χ0) is 10.8. The number of para-hydroxylation sites is 1. The molecule has 0 unspecified atom stereocenters. The number of nitrogens with zero attached hydrogens (tertiary/aromatic N) is 2. The maximum Gasteiger partial charge on any atom is 0.132 e. The zero-order valence-electron chi connectivity index (χ0n) is 9.19. The molecule has 0 N–H and O–H groups in total. The average molecular weight is 218 g/mol. The smallest absolute Gasteiger partial charge is 0.132 e. The quantitative estimate of drug-likeness (QED) is 0.570. The Morgan fingerprint density at radius 3 is 2.53 bits per heavy atom. The van der Waals surface area contributed by atoms with E-state index in [1.165, 1.54) is 0 Å². The molecule has 1 aromatic heterocycles. The summed E-state index contributed by atoms with van der Waals surface area (Å²) in [6.45, 7) is 4.24. The van der Waals surface area contributed by atoms with Gasteiger partial charge in [0.1, 0.15) is 10.9 Å². The number of rotatable bonds is 2. The van der Waals surface area contributed by atoms with Crippen molar-refractivity contribution in [3.05, 3.63) is 30.1 Å². The Morgan fingerprint density at radius 1 is 1.13 bits per heavy atom. The van der Waals surface area contributed by atoms with Gasteiger partial charge in [0.05, 0.1) is 5.52 Å². The minimum Gasteiger partial charge on any atom is -0.233 e. The van der Waals surface area contributed by atoms with Gasteiger partial charge in [-0.05, 0) is 12.3 Å². The fraction of sp³-hybridized carbons (Fsp3) is 0.333. The molecule has 2 nitrogen and oxygen atoms in total. The lowest BCUT2D eigenvalue weighted by Crippen LogP contribution is -1.99. The molecule has 0 radical (unpaired) electrons. The first-order chi connectivity index (χ1) is 7.22. The van der Waals surface area contributed by atoms with Gasteiger partial charge in [-0.25, -0.2) is 9.97 Å². The molecular formula is C12H14N2S. The first-order valence-electron chi connectivity index (χ1n) is 5.03. The zero-order valence-corrected chi connectivity index (χ0v) is 10.0. The van der Waals surface area contributed by atoms with Crippen molar-refractivity contribution < 1.29 is 0 Å². The van der Waals surface area contributed by atoms with Crippen LogP contribution in [0.15, 0.2) is 29.3 Å². The van der Waals surface area contributed by atoms with Crippen molar-refractivity contribution in [2.45, 2.75) is 24.8 Å². The third-order valence-corrected chi connectivity index (χ3v) is 2.99. The Labute approximate surface area is 94.1 Å². The predicted molar refractivity (Wildman–Crippen MR) is 65.4 cm³/mol. The minimum absolute atomic E-state index is 0.375. The molecule has 78 valence electrons. The number of hydrogen-bond acceptors (Lipinski definition) is 3. The van der Waals surface area contributed by atoms with Crippen molar-refractivity contribution in [3.8, 4) is 0 Å². The second-order valence-electron chi connectivity index (χ2n) is 3.76. The highest BCUT2D eigenvalue weighted by Gasteiger charge is 2.08. The molecule has 0 amide bonds. The molecule has 1 aromatic carbocycles. The summed E-state index contributed by atoms with van der Waals surface area (Å²) in [5.74, 6) is 1.30. The molecule has 3 heteroatoms. The van der Waals surface area contributed by atoms with E-state index >= 15 is 0 Å². The SMILES string of the molecule is CSc1nc(C(C)C)nc2ccccc12. The molecule has 0 saturated carbocycles. The number of aromatic nitrogens is 2. The molecule has 0 aliphatic carbocycles. The number of benzene rings is 1. The van der Waals surface area contributed by atoms with E-state index < -0.39 is 0 Å². The minimum atomic E-state index is 0.375. The third-order valence-electron chi connectivity index (χ3n) is 2.30. The maximum atomic E-state index is 4.57. The van der Waals surface area contributed by atoms with E-state index in [2.05, 4.69) is 36.1 Å². The van der Waals surface area contributed by atoms with Gasteiger partial charge >= 0.3 is 0 Å². The van der Waals surface area contributed by atoms with E-state index in [-0.39, 0.29) is 0 Å². The van der Waals surface area contributed by atoms with Gasteiger partial charge in [0.25, 0.3) is 0 Å². The molecular weight excluding hydrogens is 204 g/mol. The Kier molecular flexibility index (Phi) is 2.91. The summed E-state index contributed by atoms with van der Waals surface area (Å²) in [6.07, 6.45) is 2.05. The van der Waals surface area contributed by atoms with Crippen LogP contribution in [0.5, 0.6) is 0 Å². The van der Waals surface area contributed by atoms with Gasteiger partial charge in [-0.2, -0.15) is 0 Å². The van der Waals surface area contributed by atoms with Crippen LogP contribution in [0.3, 0.4) is 0 Å². The molecule has 2 rings (SSSR count). The van der Waals surface area contributed by atoms with Crippen LogP contribution in [0, 0.1) is 0 Å². The van der Waals surface area contributed by atoms with Crippen molar-refractivity contribution in [3.63, 3.8) is 0 Å². The van der Waals surface area contributed by atoms with Gasteiger partial charge < -0.3 is 0 Å².